The Labute approximate surface area is 156 Å². The number of nitrogens with two attached hydrogens (primary N) is 1. The van der Waals surface area contributed by atoms with Crippen LogP contribution < -0.4 is 10.6 Å². The molecule has 0 fully saturated rings. The highest BCUT2D eigenvalue weighted by molar-refractivity contribution is 5.68. The van der Waals surface area contributed by atoms with E-state index >= 15 is 0 Å². The van der Waals surface area contributed by atoms with Gasteiger partial charge in [-0.05, 0) is 49.9 Å². The average molecular weight is 350 g/mol. The topological polar surface area (TPSA) is 62.3 Å². The zero-order chi connectivity index (χ0) is 18.4. The third kappa shape index (κ3) is 7.90. The summed E-state index contributed by atoms with van der Waals surface area (Å²) in [6.45, 7) is 14.2. The largest absolute Gasteiger partial charge is 0.382 e. The van der Waals surface area contributed by atoms with E-state index in [0.29, 0.717) is 6.54 Å². The SMILES string of the molecule is C.CC.CC.CCOCCCN1CCc2cc(CCN)cc(C#N)c21. The lowest BCUT2D eigenvalue weighted by Gasteiger charge is -2.20. The Morgan fingerprint density at radius 2 is 1.92 bits per heavy atom. The molecule has 0 bridgehead atoms. The van der Waals surface area contributed by atoms with Crippen LogP contribution in [0, 0.1) is 11.3 Å². The molecule has 1 aromatic rings. The summed E-state index contributed by atoms with van der Waals surface area (Å²) in [6.07, 6.45) is 2.87. The molecule has 1 aliphatic rings. The van der Waals surface area contributed by atoms with Gasteiger partial charge in [0.05, 0.1) is 11.3 Å². The molecule has 0 unspecified atom stereocenters. The number of fused-ring (bicyclic) bond motifs is 1. The van der Waals surface area contributed by atoms with Gasteiger partial charge in [0.15, 0.2) is 0 Å². The molecule has 2 rings (SSSR count). The first-order chi connectivity index (χ1) is 11.8. The van der Waals surface area contributed by atoms with Crippen molar-refractivity contribution in [3.05, 3.63) is 28.8 Å². The lowest BCUT2D eigenvalue weighted by atomic mass is 10.0. The number of anilines is 1. The van der Waals surface area contributed by atoms with Crippen LogP contribution in [0.3, 0.4) is 0 Å². The van der Waals surface area contributed by atoms with E-state index in [0.717, 1.165) is 56.8 Å². The van der Waals surface area contributed by atoms with Crippen LogP contribution in [0.5, 0.6) is 0 Å². The van der Waals surface area contributed by atoms with Gasteiger partial charge in [-0.15, -0.1) is 0 Å². The molecule has 0 radical (unpaired) electrons. The molecule has 2 N–H and O–H groups in total. The first-order valence-electron chi connectivity index (χ1n) is 9.38. The minimum absolute atomic E-state index is 0. The van der Waals surface area contributed by atoms with Crippen molar-refractivity contribution in [3.63, 3.8) is 0 Å². The fourth-order valence-electron chi connectivity index (χ4n) is 2.81. The summed E-state index contributed by atoms with van der Waals surface area (Å²) in [7, 11) is 0. The molecule has 0 spiro atoms. The second-order valence-corrected chi connectivity index (χ2v) is 5.09. The average Bonchev–Trinajstić information content (AvgIpc) is 3.05. The Morgan fingerprint density at radius 3 is 2.48 bits per heavy atom. The Balaban J connectivity index is 0. The third-order valence-corrected chi connectivity index (χ3v) is 3.69. The highest BCUT2D eigenvalue weighted by atomic mass is 16.5. The van der Waals surface area contributed by atoms with Crippen molar-refractivity contribution in [1.82, 2.24) is 0 Å². The van der Waals surface area contributed by atoms with E-state index in [-0.39, 0.29) is 7.43 Å². The molecule has 4 heteroatoms. The molecule has 0 aromatic heterocycles. The van der Waals surface area contributed by atoms with Crippen molar-refractivity contribution < 1.29 is 4.74 Å². The summed E-state index contributed by atoms with van der Waals surface area (Å²) in [6, 6.07) is 6.55. The van der Waals surface area contributed by atoms with Gasteiger partial charge in [-0.25, -0.2) is 0 Å². The number of rotatable bonds is 7. The zero-order valence-corrected chi connectivity index (χ0v) is 16.2. The predicted octanol–water partition coefficient (Wildman–Crippen LogP) is 4.54. The zero-order valence-electron chi connectivity index (χ0n) is 16.2. The first kappa shape index (κ1) is 25.7. The van der Waals surface area contributed by atoms with Gasteiger partial charge in [0.25, 0.3) is 0 Å². The molecule has 0 aliphatic carbocycles. The Bertz CT molecular complexity index is 495. The predicted molar refractivity (Wildman–Crippen MR) is 110 cm³/mol. The van der Waals surface area contributed by atoms with E-state index in [1.54, 1.807) is 0 Å². The highest BCUT2D eigenvalue weighted by Gasteiger charge is 2.22. The number of nitrogens with zero attached hydrogens (tertiary/aromatic N) is 2. The fraction of sp³-hybridized carbons (Fsp3) is 0.667. The van der Waals surface area contributed by atoms with Crippen molar-refractivity contribution in [3.8, 4) is 6.07 Å². The molecule has 4 nitrogen and oxygen atoms in total. The van der Waals surface area contributed by atoms with Crippen molar-refractivity contribution in [2.45, 2.75) is 61.3 Å². The molecule has 1 heterocycles. The van der Waals surface area contributed by atoms with Gasteiger partial charge in [0.1, 0.15) is 6.07 Å². The standard InChI is InChI=1S/C16H23N3O.2C2H6.CH4/c1-2-20-9-3-7-19-8-5-14-10-13(4-6-17)11-15(12-18)16(14)19;2*1-2;/h10-11H,2-9,17H2,1H3;2*1-2H3;1H4. The Kier molecular flexibility index (Phi) is 16.4. The van der Waals surface area contributed by atoms with E-state index in [2.05, 4.69) is 17.0 Å². The van der Waals surface area contributed by atoms with E-state index < -0.39 is 0 Å². The maximum absolute atomic E-state index is 9.39. The number of ether oxygens (including phenoxy) is 1. The number of hydrogen-bond acceptors (Lipinski definition) is 4. The van der Waals surface area contributed by atoms with Gasteiger partial charge in [0.2, 0.25) is 0 Å². The molecule has 1 aliphatic heterocycles. The summed E-state index contributed by atoms with van der Waals surface area (Å²) >= 11 is 0. The second kappa shape index (κ2) is 15.9. The molecular weight excluding hydrogens is 310 g/mol. The van der Waals surface area contributed by atoms with Crippen LogP contribution in [0.2, 0.25) is 0 Å². The molecule has 144 valence electrons. The van der Waals surface area contributed by atoms with Crippen LogP contribution >= 0.6 is 0 Å². The fourth-order valence-corrected chi connectivity index (χ4v) is 2.81. The molecule has 0 amide bonds. The molecule has 0 saturated heterocycles. The van der Waals surface area contributed by atoms with E-state index in [1.165, 1.54) is 11.1 Å². The van der Waals surface area contributed by atoms with Crippen LogP contribution in [-0.2, 0) is 17.6 Å². The second-order valence-electron chi connectivity index (χ2n) is 5.09. The summed E-state index contributed by atoms with van der Waals surface area (Å²) in [5, 5.41) is 9.39. The van der Waals surface area contributed by atoms with E-state index in [9.17, 15) is 5.26 Å². The number of nitriles is 1. The van der Waals surface area contributed by atoms with Crippen LogP contribution in [0.1, 0.15) is 65.2 Å². The van der Waals surface area contributed by atoms with Crippen molar-refractivity contribution in [2.75, 3.05) is 37.7 Å². The summed E-state index contributed by atoms with van der Waals surface area (Å²) in [5.41, 5.74) is 10.0. The quantitative estimate of drug-likeness (QED) is 0.734. The van der Waals surface area contributed by atoms with Crippen LogP contribution in [0.15, 0.2) is 12.1 Å². The summed E-state index contributed by atoms with van der Waals surface area (Å²) in [5.74, 6) is 0. The van der Waals surface area contributed by atoms with Crippen molar-refractivity contribution in [1.29, 1.82) is 5.26 Å². The normalized spacial score (nSPS) is 11.2. The number of benzene rings is 1. The van der Waals surface area contributed by atoms with Gasteiger partial charge in [-0.3, -0.25) is 0 Å². The van der Waals surface area contributed by atoms with Crippen LogP contribution in [-0.4, -0.2) is 32.8 Å². The highest BCUT2D eigenvalue weighted by Crippen LogP contribution is 2.33. The van der Waals surface area contributed by atoms with Gasteiger partial charge in [0, 0.05) is 26.3 Å². The molecular formula is C21H39N3O. The Morgan fingerprint density at radius 1 is 1.24 bits per heavy atom. The maximum Gasteiger partial charge on any atom is 0.101 e. The van der Waals surface area contributed by atoms with Crippen molar-refractivity contribution >= 4 is 5.69 Å². The van der Waals surface area contributed by atoms with Gasteiger partial charge < -0.3 is 15.4 Å². The smallest absolute Gasteiger partial charge is 0.101 e. The minimum atomic E-state index is 0. The van der Waals surface area contributed by atoms with E-state index in [4.69, 9.17) is 10.5 Å². The first-order valence-corrected chi connectivity index (χ1v) is 9.38. The van der Waals surface area contributed by atoms with Gasteiger partial charge >= 0.3 is 0 Å². The van der Waals surface area contributed by atoms with Crippen molar-refractivity contribution in [2.24, 2.45) is 5.73 Å². The summed E-state index contributed by atoms with van der Waals surface area (Å²) in [4.78, 5) is 2.32. The minimum Gasteiger partial charge on any atom is -0.382 e. The maximum atomic E-state index is 9.39. The molecule has 25 heavy (non-hydrogen) atoms. The number of hydrogen-bond donors (Lipinski definition) is 1. The van der Waals surface area contributed by atoms with Gasteiger partial charge in [-0.1, -0.05) is 41.2 Å². The third-order valence-electron chi connectivity index (χ3n) is 3.69. The molecule has 0 saturated carbocycles. The molecule has 0 atom stereocenters. The summed E-state index contributed by atoms with van der Waals surface area (Å²) < 4.78 is 5.38. The van der Waals surface area contributed by atoms with Crippen LogP contribution in [0.25, 0.3) is 0 Å². The monoisotopic (exact) mass is 349 g/mol. The van der Waals surface area contributed by atoms with Crippen LogP contribution in [0.4, 0.5) is 5.69 Å². The Hall–Kier alpha value is -1.57. The molecule has 1 aromatic carbocycles. The van der Waals surface area contributed by atoms with E-state index in [1.807, 2.05) is 40.7 Å². The lowest BCUT2D eigenvalue weighted by Crippen LogP contribution is -2.23. The van der Waals surface area contributed by atoms with Gasteiger partial charge in [-0.2, -0.15) is 5.26 Å². The lowest BCUT2D eigenvalue weighted by molar-refractivity contribution is 0.146.